The van der Waals surface area contributed by atoms with Crippen LogP contribution in [0.3, 0.4) is 0 Å². The molecule has 3 aromatic heterocycles. The van der Waals surface area contributed by atoms with E-state index >= 15 is 0 Å². The molecule has 0 aliphatic carbocycles. The van der Waals surface area contributed by atoms with E-state index in [9.17, 15) is 14.4 Å². The van der Waals surface area contributed by atoms with E-state index in [1.807, 2.05) is 0 Å². The first kappa shape index (κ1) is 17.0. The van der Waals surface area contributed by atoms with Gasteiger partial charge in [-0.25, -0.2) is 4.79 Å². The monoisotopic (exact) mass is 379 g/mol. The number of ketones is 1. The minimum absolute atomic E-state index is 0.0582. The third-order valence-corrected chi connectivity index (χ3v) is 5.02. The third kappa shape index (κ3) is 3.45. The molecule has 0 saturated heterocycles. The van der Waals surface area contributed by atoms with Gasteiger partial charge in [0.05, 0.1) is 17.7 Å². The maximum Gasteiger partial charge on any atom is 0.349 e. The zero-order valence-electron chi connectivity index (χ0n) is 13.9. The molecule has 0 aliphatic rings. The standard InChI is InChI=1S/C20H13NO5S/c22-18(16-6-3-9-25-16)17-8-7-13(27-17)11-21-19(23)14-10-12-4-1-2-5-15(12)26-20(14)24/h1-10H,11H2,(H,21,23). The Bertz CT molecular complexity index is 1190. The normalized spacial score (nSPS) is 10.8. The van der Waals surface area contributed by atoms with Crippen molar-refractivity contribution in [3.05, 3.63) is 92.4 Å². The van der Waals surface area contributed by atoms with Gasteiger partial charge in [-0.2, -0.15) is 0 Å². The minimum Gasteiger partial charge on any atom is -0.461 e. The summed E-state index contributed by atoms with van der Waals surface area (Å²) in [6.07, 6.45) is 1.44. The zero-order chi connectivity index (χ0) is 18.8. The highest BCUT2D eigenvalue weighted by molar-refractivity contribution is 7.14. The van der Waals surface area contributed by atoms with Crippen LogP contribution in [0, 0.1) is 0 Å². The Morgan fingerprint density at radius 1 is 1.04 bits per heavy atom. The molecular formula is C20H13NO5S. The number of nitrogens with one attached hydrogen (secondary N) is 1. The predicted octanol–water partition coefficient (Wildman–Crippen LogP) is 3.61. The molecule has 27 heavy (non-hydrogen) atoms. The molecule has 1 N–H and O–H groups in total. The Hall–Kier alpha value is -3.45. The number of hydrogen-bond acceptors (Lipinski definition) is 6. The van der Waals surface area contributed by atoms with Crippen LogP contribution in [0.15, 0.2) is 74.5 Å². The van der Waals surface area contributed by atoms with Crippen molar-refractivity contribution >= 4 is 34.0 Å². The van der Waals surface area contributed by atoms with Gasteiger partial charge < -0.3 is 14.2 Å². The molecule has 134 valence electrons. The van der Waals surface area contributed by atoms with Crippen LogP contribution in [-0.2, 0) is 6.54 Å². The third-order valence-electron chi connectivity index (χ3n) is 3.94. The van der Waals surface area contributed by atoms with Crippen LogP contribution in [0.4, 0.5) is 0 Å². The summed E-state index contributed by atoms with van der Waals surface area (Å²) in [5.41, 5.74) is -0.318. The highest BCUT2D eigenvalue weighted by Gasteiger charge is 2.16. The number of thiophene rings is 1. The molecule has 1 aromatic carbocycles. The topological polar surface area (TPSA) is 89.5 Å². The second-order valence-electron chi connectivity index (χ2n) is 5.74. The van der Waals surface area contributed by atoms with Crippen molar-refractivity contribution in [1.29, 1.82) is 0 Å². The summed E-state index contributed by atoms with van der Waals surface area (Å²) < 4.78 is 10.3. The lowest BCUT2D eigenvalue weighted by molar-refractivity contribution is 0.0947. The fraction of sp³-hybridized carbons (Fsp3) is 0.0500. The van der Waals surface area contributed by atoms with Crippen LogP contribution < -0.4 is 10.9 Å². The summed E-state index contributed by atoms with van der Waals surface area (Å²) >= 11 is 1.26. The molecule has 0 aliphatic heterocycles. The molecule has 0 bridgehead atoms. The van der Waals surface area contributed by atoms with Crippen LogP contribution in [0.5, 0.6) is 0 Å². The molecule has 0 saturated carbocycles. The van der Waals surface area contributed by atoms with Gasteiger partial charge >= 0.3 is 5.63 Å². The van der Waals surface area contributed by atoms with E-state index in [1.165, 1.54) is 23.7 Å². The lowest BCUT2D eigenvalue weighted by atomic mass is 10.2. The molecule has 0 fully saturated rings. The summed E-state index contributed by atoms with van der Waals surface area (Å²) in [6, 6.07) is 15.2. The first-order valence-electron chi connectivity index (χ1n) is 8.10. The number of benzene rings is 1. The van der Waals surface area contributed by atoms with Crippen LogP contribution in [0.2, 0.25) is 0 Å². The SMILES string of the molecule is O=C(c1ccco1)c1ccc(CNC(=O)c2cc3ccccc3oc2=O)s1. The Morgan fingerprint density at radius 3 is 2.70 bits per heavy atom. The largest absolute Gasteiger partial charge is 0.461 e. The number of fused-ring (bicyclic) bond motifs is 1. The van der Waals surface area contributed by atoms with E-state index in [1.54, 1.807) is 48.5 Å². The van der Waals surface area contributed by atoms with E-state index in [2.05, 4.69) is 5.32 Å². The van der Waals surface area contributed by atoms with Gasteiger partial charge in [0, 0.05) is 10.3 Å². The molecular weight excluding hydrogens is 366 g/mol. The maximum absolute atomic E-state index is 12.4. The number of hydrogen-bond donors (Lipinski definition) is 1. The van der Waals surface area contributed by atoms with Crippen LogP contribution >= 0.6 is 11.3 Å². The summed E-state index contributed by atoms with van der Waals surface area (Å²) in [5.74, 6) is -0.472. The van der Waals surface area contributed by atoms with Crippen molar-refractivity contribution in [3.8, 4) is 0 Å². The number of carbonyl (C=O) groups is 2. The lowest BCUT2D eigenvalue weighted by Crippen LogP contribution is -2.27. The Balaban J connectivity index is 1.48. The molecule has 3 heterocycles. The second-order valence-corrected chi connectivity index (χ2v) is 6.91. The molecule has 1 amide bonds. The Morgan fingerprint density at radius 2 is 1.89 bits per heavy atom. The molecule has 0 atom stereocenters. The Kier molecular flexibility index (Phi) is 4.43. The molecule has 4 rings (SSSR count). The van der Waals surface area contributed by atoms with Gasteiger partial charge in [-0.1, -0.05) is 18.2 Å². The lowest BCUT2D eigenvalue weighted by Gasteiger charge is -2.04. The molecule has 4 aromatic rings. The highest BCUT2D eigenvalue weighted by atomic mass is 32.1. The van der Waals surface area contributed by atoms with Crippen molar-refractivity contribution in [3.63, 3.8) is 0 Å². The van der Waals surface area contributed by atoms with Crippen molar-refractivity contribution in [1.82, 2.24) is 5.32 Å². The van der Waals surface area contributed by atoms with Gasteiger partial charge in [0.15, 0.2) is 5.76 Å². The quantitative estimate of drug-likeness (QED) is 0.423. The molecule has 0 radical (unpaired) electrons. The van der Waals surface area contributed by atoms with Crippen LogP contribution in [-0.4, -0.2) is 11.7 Å². The van der Waals surface area contributed by atoms with Crippen LogP contribution in [0.1, 0.15) is 30.7 Å². The fourth-order valence-corrected chi connectivity index (χ4v) is 3.50. The van der Waals surface area contributed by atoms with Gasteiger partial charge in [0.25, 0.3) is 5.91 Å². The maximum atomic E-state index is 12.4. The molecule has 7 heteroatoms. The number of para-hydroxylation sites is 1. The summed E-state index contributed by atoms with van der Waals surface area (Å²) in [5, 5.41) is 3.36. The molecule has 6 nitrogen and oxygen atoms in total. The predicted molar refractivity (Wildman–Crippen MR) is 100 cm³/mol. The summed E-state index contributed by atoms with van der Waals surface area (Å²) in [7, 11) is 0. The second kappa shape index (κ2) is 7.05. The Labute approximate surface area is 157 Å². The van der Waals surface area contributed by atoms with Crippen molar-refractivity contribution in [2.45, 2.75) is 6.54 Å². The first-order chi connectivity index (χ1) is 13.1. The van der Waals surface area contributed by atoms with Gasteiger partial charge in [0.1, 0.15) is 11.1 Å². The van der Waals surface area contributed by atoms with Gasteiger partial charge in [0.2, 0.25) is 5.78 Å². The average molecular weight is 379 g/mol. The smallest absolute Gasteiger partial charge is 0.349 e. The number of furan rings is 1. The number of rotatable bonds is 5. The minimum atomic E-state index is -0.689. The fourth-order valence-electron chi connectivity index (χ4n) is 2.61. The van der Waals surface area contributed by atoms with Crippen molar-refractivity contribution in [2.24, 2.45) is 0 Å². The van der Waals surface area contributed by atoms with Gasteiger partial charge in [-0.05, 0) is 36.4 Å². The molecule has 0 spiro atoms. The number of carbonyl (C=O) groups excluding carboxylic acids is 2. The zero-order valence-corrected chi connectivity index (χ0v) is 14.7. The average Bonchev–Trinajstić information content (AvgIpc) is 3.37. The van der Waals surface area contributed by atoms with Crippen LogP contribution in [0.25, 0.3) is 11.0 Å². The highest BCUT2D eigenvalue weighted by Crippen LogP contribution is 2.20. The first-order valence-corrected chi connectivity index (χ1v) is 8.91. The van der Waals surface area contributed by atoms with E-state index in [-0.39, 0.29) is 23.7 Å². The van der Waals surface area contributed by atoms with E-state index in [4.69, 9.17) is 8.83 Å². The number of amides is 1. The summed E-state index contributed by atoms with van der Waals surface area (Å²) in [4.78, 5) is 37.9. The van der Waals surface area contributed by atoms with Gasteiger partial charge in [-0.15, -0.1) is 11.3 Å². The van der Waals surface area contributed by atoms with Gasteiger partial charge in [-0.3, -0.25) is 9.59 Å². The van der Waals surface area contributed by atoms with E-state index < -0.39 is 11.5 Å². The summed E-state index contributed by atoms with van der Waals surface area (Å²) in [6.45, 7) is 0.196. The molecule has 0 unspecified atom stereocenters. The van der Waals surface area contributed by atoms with Crippen molar-refractivity contribution < 1.29 is 18.4 Å². The van der Waals surface area contributed by atoms with Crippen molar-refractivity contribution in [2.75, 3.05) is 0 Å². The van der Waals surface area contributed by atoms with E-state index in [0.717, 1.165) is 4.88 Å². The van der Waals surface area contributed by atoms with E-state index in [0.29, 0.717) is 15.8 Å².